The maximum atomic E-state index is 13.1. The van der Waals surface area contributed by atoms with Crippen LogP contribution in [0.25, 0.3) is 0 Å². The Bertz CT molecular complexity index is 1590. The number of unbranched alkanes of at least 4 members (excludes halogenated alkanes) is 53. The number of phosphoric ester groups is 1. The van der Waals surface area contributed by atoms with Crippen molar-refractivity contribution in [3.8, 4) is 0 Å². The van der Waals surface area contributed by atoms with E-state index in [1.807, 2.05) is 21.1 Å². The molecule has 2 N–H and O–H groups in total. The van der Waals surface area contributed by atoms with Gasteiger partial charge >= 0.3 is 0 Å². The highest BCUT2D eigenvalue weighted by molar-refractivity contribution is 7.45. The van der Waals surface area contributed by atoms with E-state index in [2.05, 4.69) is 67.8 Å². The number of nitrogens with one attached hydrogen (secondary N) is 1. The lowest BCUT2D eigenvalue weighted by Crippen LogP contribution is -2.46. The normalized spacial score (nSPS) is 13.7. The predicted octanol–water partition coefficient (Wildman–Crippen LogP) is 25.1. The average Bonchev–Trinajstić information content (AvgIpc) is 3.64. The summed E-state index contributed by atoms with van der Waals surface area (Å²) >= 11 is 0. The summed E-state index contributed by atoms with van der Waals surface area (Å²) < 4.78 is 23.6. The zero-order valence-electron chi connectivity index (χ0n) is 60.4. The third-order valence-electron chi connectivity index (χ3n) is 18.3. The Morgan fingerprint density at radius 2 is 0.685 bits per heavy atom. The second-order valence-corrected chi connectivity index (χ2v) is 29.8. The van der Waals surface area contributed by atoms with Gasteiger partial charge in [0.15, 0.2) is 0 Å². The van der Waals surface area contributed by atoms with E-state index in [0.717, 1.165) is 64.2 Å². The molecule has 0 aliphatic heterocycles. The summed E-state index contributed by atoms with van der Waals surface area (Å²) in [5, 5.41) is 14.2. The van der Waals surface area contributed by atoms with E-state index < -0.39 is 20.0 Å². The van der Waals surface area contributed by atoms with E-state index in [1.54, 1.807) is 0 Å². The molecule has 89 heavy (non-hydrogen) atoms. The van der Waals surface area contributed by atoms with Gasteiger partial charge in [0, 0.05) is 6.42 Å². The minimum absolute atomic E-state index is 0.0143. The molecule has 0 saturated heterocycles. The molecule has 0 fully saturated rings. The van der Waals surface area contributed by atoms with Gasteiger partial charge in [-0.15, -0.1) is 0 Å². The Morgan fingerprint density at radius 1 is 0.404 bits per heavy atom. The quantitative estimate of drug-likeness (QED) is 0.0272. The van der Waals surface area contributed by atoms with Crippen molar-refractivity contribution in [3.63, 3.8) is 0 Å². The Morgan fingerprint density at radius 3 is 1.00 bits per heavy atom. The fourth-order valence-corrected chi connectivity index (χ4v) is 13.0. The van der Waals surface area contributed by atoms with Gasteiger partial charge in [-0.05, 0) is 51.4 Å². The number of hydrogen-bond donors (Lipinski definition) is 2. The molecule has 0 heterocycles. The van der Waals surface area contributed by atoms with Gasteiger partial charge in [0.1, 0.15) is 13.2 Å². The number of phosphoric acid groups is 1. The van der Waals surface area contributed by atoms with Crippen LogP contribution >= 0.6 is 7.82 Å². The first-order chi connectivity index (χ1) is 43.5. The van der Waals surface area contributed by atoms with Crippen molar-refractivity contribution in [2.45, 2.75) is 418 Å². The Kier molecular flexibility index (Phi) is 69.5. The number of nitrogens with zero attached hydrogens (tertiary/aromatic N) is 1. The smallest absolute Gasteiger partial charge is 0.268 e. The first-order valence-corrected chi connectivity index (χ1v) is 40.9. The Hall–Kier alpha value is -1.54. The molecule has 0 spiro atoms. The van der Waals surface area contributed by atoms with Gasteiger partial charge in [-0.25, -0.2) is 0 Å². The monoisotopic (exact) mass is 1270 g/mol. The third kappa shape index (κ3) is 73.7. The summed E-state index contributed by atoms with van der Waals surface area (Å²) in [4.78, 5) is 25.7. The number of carbonyl (C=O) groups excluding carboxylic acids is 1. The van der Waals surface area contributed by atoms with Crippen LogP contribution in [0.2, 0.25) is 0 Å². The molecule has 0 aromatic carbocycles. The minimum Gasteiger partial charge on any atom is -0.756 e. The van der Waals surface area contributed by atoms with E-state index in [9.17, 15) is 19.4 Å². The Balaban J connectivity index is 3.92. The SMILES string of the molecule is CC/C=C\C/C=C\C/C=C\C/C=C\CCCCCCCCCCCCCCCCCCCCCCCCC(=O)NC(COP(=O)([O-])OCC[N+](C)(C)C)C(O)CCCCCCCCCCCCCCCCCCCCCCCCCCCCCCCCCC. The second kappa shape index (κ2) is 70.8. The molecule has 3 unspecified atom stereocenters. The maximum absolute atomic E-state index is 13.1. The zero-order valence-corrected chi connectivity index (χ0v) is 61.3. The molecule has 9 heteroatoms. The van der Waals surface area contributed by atoms with Gasteiger partial charge < -0.3 is 28.8 Å². The molecular weight excluding hydrogens is 1120 g/mol. The molecule has 0 aromatic heterocycles. The summed E-state index contributed by atoms with van der Waals surface area (Å²) in [6.07, 6.45) is 96.6. The molecule has 0 aromatic rings. The molecular formula is C80H155N2O6P. The first kappa shape index (κ1) is 87.5. The lowest BCUT2D eigenvalue weighted by molar-refractivity contribution is -0.870. The van der Waals surface area contributed by atoms with Crippen LogP contribution in [-0.2, 0) is 18.4 Å². The molecule has 0 aliphatic rings. The number of amides is 1. The van der Waals surface area contributed by atoms with Crippen LogP contribution in [0.4, 0.5) is 0 Å². The van der Waals surface area contributed by atoms with Crippen LogP contribution in [0.3, 0.4) is 0 Å². The topological polar surface area (TPSA) is 108 Å². The number of carbonyl (C=O) groups is 1. The van der Waals surface area contributed by atoms with E-state index >= 15 is 0 Å². The van der Waals surface area contributed by atoms with Crippen molar-refractivity contribution >= 4 is 13.7 Å². The van der Waals surface area contributed by atoms with Crippen molar-refractivity contribution in [2.75, 3.05) is 40.9 Å². The molecule has 1 amide bonds. The summed E-state index contributed by atoms with van der Waals surface area (Å²) in [5.74, 6) is -0.156. The van der Waals surface area contributed by atoms with Crippen LogP contribution < -0.4 is 10.2 Å². The van der Waals surface area contributed by atoms with E-state index in [0.29, 0.717) is 23.9 Å². The second-order valence-electron chi connectivity index (χ2n) is 28.4. The minimum atomic E-state index is -4.58. The van der Waals surface area contributed by atoms with E-state index in [-0.39, 0.29) is 19.1 Å². The number of likely N-dealkylation sites (N-methyl/N-ethyl adjacent to an activating group) is 1. The van der Waals surface area contributed by atoms with Crippen molar-refractivity contribution in [1.82, 2.24) is 5.32 Å². The van der Waals surface area contributed by atoms with Crippen LogP contribution in [0.1, 0.15) is 406 Å². The molecule has 0 bridgehead atoms. The lowest BCUT2D eigenvalue weighted by atomic mass is 10.0. The predicted molar refractivity (Wildman–Crippen MR) is 390 cm³/mol. The van der Waals surface area contributed by atoms with Crippen molar-refractivity contribution < 1.29 is 32.9 Å². The van der Waals surface area contributed by atoms with Crippen molar-refractivity contribution in [1.29, 1.82) is 0 Å². The van der Waals surface area contributed by atoms with E-state index in [4.69, 9.17) is 9.05 Å². The molecule has 8 nitrogen and oxygen atoms in total. The molecule has 3 atom stereocenters. The van der Waals surface area contributed by atoms with Gasteiger partial charge in [-0.1, -0.05) is 396 Å². The van der Waals surface area contributed by atoms with E-state index in [1.165, 1.54) is 315 Å². The van der Waals surface area contributed by atoms with Crippen LogP contribution in [0.15, 0.2) is 48.6 Å². The standard InChI is InChI=1S/C80H155N2O6P/c1-6-8-10-12-14-16-18-20-22-24-26-28-30-32-34-36-38-40-41-42-44-46-48-50-52-54-56-58-60-62-64-66-68-70-72-74-80(84)81-78(77-88-89(85,86)87-76-75-82(3,4)5)79(83)73-71-69-67-65-63-61-59-57-55-53-51-49-47-45-43-39-37-35-33-31-29-27-25-23-21-19-17-15-13-11-9-7-2/h8,10,14,16,20,22,26,28,78-79,83H,6-7,9,11-13,15,17-19,21,23-25,27,29-77H2,1-5H3,(H-,81,84,85,86)/b10-8-,16-14-,22-20-,28-26-. The Labute approximate surface area is 556 Å². The largest absolute Gasteiger partial charge is 0.756 e. The van der Waals surface area contributed by atoms with Crippen LogP contribution in [0.5, 0.6) is 0 Å². The molecule has 0 rings (SSSR count). The maximum Gasteiger partial charge on any atom is 0.268 e. The summed E-state index contributed by atoms with van der Waals surface area (Å²) in [6.45, 7) is 4.68. The zero-order chi connectivity index (χ0) is 64.8. The highest BCUT2D eigenvalue weighted by atomic mass is 31.2. The highest BCUT2D eigenvalue weighted by Gasteiger charge is 2.24. The number of quaternary nitrogens is 1. The van der Waals surface area contributed by atoms with Crippen molar-refractivity contribution in [2.24, 2.45) is 0 Å². The van der Waals surface area contributed by atoms with Gasteiger partial charge in [0.25, 0.3) is 7.82 Å². The number of aliphatic hydroxyl groups excluding tert-OH is 1. The van der Waals surface area contributed by atoms with Crippen LogP contribution in [-0.4, -0.2) is 68.5 Å². The lowest BCUT2D eigenvalue weighted by Gasteiger charge is -2.30. The molecule has 0 saturated carbocycles. The van der Waals surface area contributed by atoms with Crippen molar-refractivity contribution in [3.05, 3.63) is 48.6 Å². The molecule has 526 valence electrons. The highest BCUT2D eigenvalue weighted by Crippen LogP contribution is 2.38. The number of rotatable bonds is 74. The summed E-state index contributed by atoms with van der Waals surface area (Å²) in [5.41, 5.74) is 0. The number of hydrogen-bond acceptors (Lipinski definition) is 6. The third-order valence-corrected chi connectivity index (χ3v) is 19.3. The summed E-state index contributed by atoms with van der Waals surface area (Å²) in [6, 6.07) is -0.802. The number of aliphatic hydroxyl groups is 1. The van der Waals surface area contributed by atoms with Crippen LogP contribution in [0, 0.1) is 0 Å². The fourth-order valence-electron chi connectivity index (χ4n) is 12.3. The average molecular weight is 1270 g/mol. The van der Waals surface area contributed by atoms with Gasteiger partial charge in [-0.3, -0.25) is 9.36 Å². The fraction of sp³-hybridized carbons (Fsp3) is 0.887. The van der Waals surface area contributed by atoms with Gasteiger partial charge in [-0.2, -0.15) is 0 Å². The first-order valence-electron chi connectivity index (χ1n) is 39.5. The van der Waals surface area contributed by atoms with Gasteiger partial charge in [0.2, 0.25) is 5.91 Å². The summed E-state index contributed by atoms with van der Waals surface area (Å²) in [7, 11) is 1.33. The molecule has 0 radical (unpaired) electrons. The number of allylic oxidation sites excluding steroid dienone is 8. The molecule has 0 aliphatic carbocycles. The van der Waals surface area contributed by atoms with Gasteiger partial charge in [0.05, 0.1) is 39.9 Å².